The Hall–Kier alpha value is -1.97. The van der Waals surface area contributed by atoms with E-state index in [4.69, 9.17) is 4.74 Å². The summed E-state index contributed by atoms with van der Waals surface area (Å²) in [5.41, 5.74) is 4.01. The number of esters is 1. The normalized spacial score (nSPS) is 40.6. The number of hydrogen-bond acceptors (Lipinski definition) is 4. The maximum Gasteiger partial charge on any atom is 0.313 e. The minimum absolute atomic E-state index is 0.0172. The molecule has 0 amide bonds. The van der Waals surface area contributed by atoms with Crippen LogP contribution in [0.15, 0.2) is 34.4 Å². The van der Waals surface area contributed by atoms with Crippen LogP contribution in [0.25, 0.3) is 0 Å². The largest absolute Gasteiger partial charge is 0.466 e. The van der Waals surface area contributed by atoms with Crippen molar-refractivity contribution in [2.45, 2.75) is 72.1 Å². The first kappa shape index (κ1) is 19.0. The van der Waals surface area contributed by atoms with Gasteiger partial charge in [0.2, 0.25) is 0 Å². The molecule has 0 aromatic heterocycles. The Bertz CT molecular complexity index is 934. The molecule has 5 rings (SSSR count). The Morgan fingerprint density at radius 2 is 1.93 bits per heavy atom. The van der Waals surface area contributed by atoms with Crippen molar-refractivity contribution >= 4 is 17.5 Å². The van der Waals surface area contributed by atoms with E-state index in [9.17, 15) is 14.4 Å². The van der Waals surface area contributed by atoms with E-state index in [1.54, 1.807) is 6.08 Å². The second-order valence-corrected chi connectivity index (χ2v) is 10.1. The zero-order valence-electron chi connectivity index (χ0n) is 17.7. The number of fused-ring (bicyclic) bond motifs is 3. The van der Waals surface area contributed by atoms with Crippen molar-refractivity contribution in [3.05, 3.63) is 34.4 Å². The number of ether oxygens (including phenoxy) is 1. The highest BCUT2D eigenvalue weighted by atomic mass is 16.5. The molecule has 0 aromatic rings. The summed E-state index contributed by atoms with van der Waals surface area (Å²) in [7, 11) is 0. The molecule has 0 radical (unpaired) electrons. The minimum atomic E-state index is -0.418. The van der Waals surface area contributed by atoms with Gasteiger partial charge in [-0.1, -0.05) is 31.1 Å². The topological polar surface area (TPSA) is 60.4 Å². The summed E-state index contributed by atoms with van der Waals surface area (Å²) in [5, 5.41) is 0. The molecule has 0 N–H and O–H groups in total. The van der Waals surface area contributed by atoms with Gasteiger partial charge in [-0.3, -0.25) is 14.4 Å². The monoisotopic (exact) mass is 394 g/mol. The maximum absolute atomic E-state index is 13.3. The van der Waals surface area contributed by atoms with E-state index in [0.29, 0.717) is 31.7 Å². The van der Waals surface area contributed by atoms with Gasteiger partial charge in [0.25, 0.3) is 0 Å². The first-order chi connectivity index (χ1) is 13.8. The van der Waals surface area contributed by atoms with E-state index in [2.05, 4.69) is 19.9 Å². The second-order valence-electron chi connectivity index (χ2n) is 10.1. The summed E-state index contributed by atoms with van der Waals surface area (Å²) in [6.07, 6.45) is 10.1. The highest BCUT2D eigenvalue weighted by Crippen LogP contribution is 2.70. The van der Waals surface area contributed by atoms with Crippen LogP contribution in [0.2, 0.25) is 0 Å². The summed E-state index contributed by atoms with van der Waals surface area (Å²) < 4.78 is 5.48. The molecular formula is C25H30O4. The number of ketones is 2. The Balaban J connectivity index is 1.72. The van der Waals surface area contributed by atoms with Gasteiger partial charge in [-0.25, -0.2) is 0 Å². The van der Waals surface area contributed by atoms with Gasteiger partial charge < -0.3 is 4.74 Å². The first-order valence-electron chi connectivity index (χ1n) is 11.2. The molecule has 5 aliphatic rings. The zero-order valence-corrected chi connectivity index (χ0v) is 17.7. The second kappa shape index (κ2) is 6.02. The van der Waals surface area contributed by atoms with E-state index in [-0.39, 0.29) is 22.6 Å². The lowest BCUT2D eigenvalue weighted by Crippen LogP contribution is -2.46. The molecule has 4 heteroatoms. The van der Waals surface area contributed by atoms with Crippen molar-refractivity contribution in [3.63, 3.8) is 0 Å². The van der Waals surface area contributed by atoms with E-state index >= 15 is 0 Å². The highest BCUT2D eigenvalue weighted by molar-refractivity contribution is 5.96. The van der Waals surface area contributed by atoms with Crippen LogP contribution in [0.1, 0.15) is 72.1 Å². The number of Topliss-reactive ketones (excluding diaryl/α,β-unsaturated/α-hetero) is 1. The third-order valence-corrected chi connectivity index (χ3v) is 8.92. The third kappa shape index (κ3) is 2.23. The minimum Gasteiger partial charge on any atom is -0.466 e. The van der Waals surface area contributed by atoms with Crippen molar-refractivity contribution in [2.24, 2.45) is 22.2 Å². The van der Waals surface area contributed by atoms with Gasteiger partial charge in [0, 0.05) is 18.3 Å². The first-order valence-corrected chi connectivity index (χ1v) is 11.2. The molecule has 0 bridgehead atoms. The molecule has 1 spiro atoms. The fraction of sp³-hybridized carbons (Fsp3) is 0.640. The quantitative estimate of drug-likeness (QED) is 0.640. The standard InChI is InChI=1S/C25H30O4/c1-4-29-22(28)17-14-15-13-16(26)5-11-24(15,3)18-7-12-25-19(21(17)18)6-9-23(25,2)10-8-20(25)27/h6,13,17H,4-5,7-12,14H2,1-3H3/t17-,23+,24?,25-/m1/s1. The van der Waals surface area contributed by atoms with Crippen molar-refractivity contribution in [3.8, 4) is 0 Å². The molecule has 0 aromatic carbocycles. The van der Waals surface area contributed by atoms with Crippen LogP contribution in [0.4, 0.5) is 0 Å². The molecular weight excluding hydrogens is 364 g/mol. The van der Waals surface area contributed by atoms with E-state index in [1.165, 1.54) is 5.57 Å². The lowest BCUT2D eigenvalue weighted by Gasteiger charge is -2.52. The van der Waals surface area contributed by atoms with Crippen LogP contribution >= 0.6 is 0 Å². The van der Waals surface area contributed by atoms with Gasteiger partial charge in [0.15, 0.2) is 5.78 Å². The third-order valence-electron chi connectivity index (χ3n) is 8.92. The fourth-order valence-electron chi connectivity index (χ4n) is 7.26. The van der Waals surface area contributed by atoms with Gasteiger partial charge in [0.1, 0.15) is 5.78 Å². The molecule has 154 valence electrons. The zero-order chi connectivity index (χ0) is 20.6. The molecule has 1 unspecified atom stereocenters. The number of carbonyl (C=O) groups excluding carboxylic acids is 3. The van der Waals surface area contributed by atoms with Crippen molar-refractivity contribution < 1.29 is 19.1 Å². The van der Waals surface area contributed by atoms with Crippen LogP contribution in [0, 0.1) is 22.2 Å². The van der Waals surface area contributed by atoms with E-state index < -0.39 is 11.3 Å². The maximum atomic E-state index is 13.3. The van der Waals surface area contributed by atoms with Gasteiger partial charge >= 0.3 is 5.97 Å². The highest BCUT2D eigenvalue weighted by Gasteiger charge is 2.65. The van der Waals surface area contributed by atoms with Crippen LogP contribution in [-0.4, -0.2) is 24.1 Å². The lowest BCUT2D eigenvalue weighted by molar-refractivity contribution is -0.147. The fourth-order valence-corrected chi connectivity index (χ4v) is 7.26. The number of hydrogen-bond donors (Lipinski definition) is 0. The number of allylic oxidation sites excluding steroid dienone is 5. The molecule has 0 aliphatic heterocycles. The molecule has 4 atom stereocenters. The number of rotatable bonds is 2. The van der Waals surface area contributed by atoms with Gasteiger partial charge in [0.05, 0.1) is 17.9 Å². The molecule has 5 aliphatic carbocycles. The van der Waals surface area contributed by atoms with E-state index in [0.717, 1.165) is 48.8 Å². The lowest BCUT2D eigenvalue weighted by atomic mass is 9.50. The summed E-state index contributed by atoms with van der Waals surface area (Å²) >= 11 is 0. The Labute approximate surface area is 172 Å². The van der Waals surface area contributed by atoms with Gasteiger partial charge in [-0.2, -0.15) is 0 Å². The Morgan fingerprint density at radius 3 is 2.69 bits per heavy atom. The molecule has 1 saturated carbocycles. The molecule has 0 saturated heterocycles. The average molecular weight is 395 g/mol. The summed E-state index contributed by atoms with van der Waals surface area (Å²) in [5.74, 6) is -0.0782. The molecule has 0 heterocycles. The SMILES string of the molecule is CCOC(=O)[C@@H]1CC2=CC(=O)CCC2(C)C2=C1C1=CC[C@@]3(C)CCC(=O)[C@@]13CC2. The average Bonchev–Trinajstić information content (AvgIpc) is 3.12. The van der Waals surface area contributed by atoms with Gasteiger partial charge in [-0.15, -0.1) is 0 Å². The van der Waals surface area contributed by atoms with Crippen LogP contribution in [0.3, 0.4) is 0 Å². The van der Waals surface area contributed by atoms with Crippen molar-refractivity contribution in [2.75, 3.05) is 6.61 Å². The Morgan fingerprint density at radius 1 is 1.14 bits per heavy atom. The molecule has 1 fully saturated rings. The smallest absolute Gasteiger partial charge is 0.313 e. The van der Waals surface area contributed by atoms with Gasteiger partial charge in [-0.05, 0) is 68.1 Å². The van der Waals surface area contributed by atoms with Crippen molar-refractivity contribution in [1.29, 1.82) is 0 Å². The number of carbonyl (C=O) groups is 3. The summed E-state index contributed by atoms with van der Waals surface area (Å²) in [6, 6.07) is 0. The molecule has 29 heavy (non-hydrogen) atoms. The summed E-state index contributed by atoms with van der Waals surface area (Å²) in [4.78, 5) is 38.5. The molecule has 4 nitrogen and oxygen atoms in total. The van der Waals surface area contributed by atoms with E-state index in [1.807, 2.05) is 6.92 Å². The summed E-state index contributed by atoms with van der Waals surface area (Å²) in [6.45, 7) is 6.68. The Kier molecular flexibility index (Phi) is 3.95. The van der Waals surface area contributed by atoms with Crippen LogP contribution in [-0.2, 0) is 19.1 Å². The predicted molar refractivity (Wildman–Crippen MR) is 109 cm³/mol. The predicted octanol–water partition coefficient (Wildman–Crippen LogP) is 4.64. The van der Waals surface area contributed by atoms with Crippen LogP contribution in [0.5, 0.6) is 0 Å². The van der Waals surface area contributed by atoms with Crippen molar-refractivity contribution in [1.82, 2.24) is 0 Å². The van der Waals surface area contributed by atoms with Crippen LogP contribution < -0.4 is 0 Å².